The Morgan fingerprint density at radius 3 is 2.26 bits per heavy atom. The molecule has 0 saturated heterocycles. The summed E-state index contributed by atoms with van der Waals surface area (Å²) in [6.45, 7) is 17.4. The zero-order valence-corrected chi connectivity index (χ0v) is 18.4. The van der Waals surface area contributed by atoms with Crippen LogP contribution in [0.1, 0.15) is 59.6 Å². The molecule has 6 nitrogen and oxygen atoms in total. The van der Waals surface area contributed by atoms with Crippen molar-refractivity contribution in [1.29, 1.82) is 0 Å². The second-order valence-electron chi connectivity index (χ2n) is 6.39. The van der Waals surface area contributed by atoms with E-state index in [1.165, 1.54) is 18.2 Å². The predicted molar refractivity (Wildman–Crippen MR) is 111 cm³/mol. The summed E-state index contributed by atoms with van der Waals surface area (Å²) in [5, 5.41) is 2.36. The topological polar surface area (TPSA) is 66.0 Å². The molecule has 1 N–H and O–H groups in total. The average molecular weight is 381 g/mol. The van der Waals surface area contributed by atoms with Crippen LogP contribution in [0.3, 0.4) is 0 Å². The Bertz CT molecular complexity index is 572. The molecule has 7 heteroatoms. The highest BCUT2D eigenvalue weighted by Crippen LogP contribution is 2.24. The van der Waals surface area contributed by atoms with Crippen LogP contribution in [0.25, 0.3) is 0 Å². The number of ether oxygens (including phenoxy) is 2. The predicted octanol–water partition coefficient (Wildman–Crippen LogP) is 3.82. The highest BCUT2D eigenvalue weighted by molar-refractivity contribution is 6.64. The van der Waals surface area contributed by atoms with Gasteiger partial charge in [0.25, 0.3) is 0 Å². The Labute approximate surface area is 165 Å². The summed E-state index contributed by atoms with van der Waals surface area (Å²) in [6, 6.07) is 4.08. The molecular weight excluding hydrogens is 345 g/mol. The molecule has 0 radical (unpaired) electrons. The van der Waals surface area contributed by atoms with E-state index in [2.05, 4.69) is 18.3 Å². The van der Waals surface area contributed by atoms with Gasteiger partial charge in [-0.05, 0) is 44.9 Å². The maximum Gasteiger partial charge on any atom is 0.498 e. The first-order valence-corrected chi connectivity index (χ1v) is 9.71. The van der Waals surface area contributed by atoms with Gasteiger partial charge in [-0.3, -0.25) is 0 Å². The Morgan fingerprint density at radius 2 is 1.74 bits per heavy atom. The van der Waals surface area contributed by atoms with Crippen molar-refractivity contribution in [2.45, 2.75) is 67.6 Å². The maximum atomic E-state index is 10.5. The largest absolute Gasteiger partial charge is 0.498 e. The normalized spacial score (nSPS) is 13.7. The second kappa shape index (κ2) is 12.6. The van der Waals surface area contributed by atoms with E-state index < -0.39 is 0 Å². The van der Waals surface area contributed by atoms with Crippen molar-refractivity contribution < 1.29 is 23.6 Å². The monoisotopic (exact) mass is 381 g/mol. The van der Waals surface area contributed by atoms with Gasteiger partial charge in [-0.25, -0.2) is 4.79 Å². The maximum absolute atomic E-state index is 10.5. The molecule has 1 aromatic carbocycles. The number of alkyl carbamates (subject to hydrolysis) is 1. The van der Waals surface area contributed by atoms with Crippen LogP contribution >= 0.6 is 0 Å². The van der Waals surface area contributed by atoms with E-state index in [0.717, 1.165) is 11.2 Å². The minimum atomic E-state index is -0.389. The minimum absolute atomic E-state index is 0.206. The van der Waals surface area contributed by atoms with Gasteiger partial charge in [0.15, 0.2) is 0 Å². The fourth-order valence-corrected chi connectivity index (χ4v) is 2.34. The van der Waals surface area contributed by atoms with Crippen LogP contribution in [0.5, 0.6) is 5.75 Å². The van der Waals surface area contributed by atoms with Crippen molar-refractivity contribution in [3.05, 3.63) is 23.3 Å². The van der Waals surface area contributed by atoms with Crippen molar-refractivity contribution in [2.75, 3.05) is 20.3 Å². The van der Waals surface area contributed by atoms with Crippen molar-refractivity contribution in [2.24, 2.45) is 0 Å². The summed E-state index contributed by atoms with van der Waals surface area (Å²) in [5.74, 6) is 0.922. The number of carbonyl (C=O) groups is 1. The van der Waals surface area contributed by atoms with E-state index in [1.54, 1.807) is 0 Å². The summed E-state index contributed by atoms with van der Waals surface area (Å²) in [7, 11) is 1.33. The summed E-state index contributed by atoms with van der Waals surface area (Å²) in [4.78, 5) is 10.5. The molecule has 27 heavy (non-hydrogen) atoms. The molecule has 2 aliphatic rings. The van der Waals surface area contributed by atoms with Gasteiger partial charge in [0, 0.05) is 12.5 Å². The van der Waals surface area contributed by atoms with Crippen molar-refractivity contribution in [3.63, 3.8) is 0 Å². The van der Waals surface area contributed by atoms with Crippen LogP contribution in [-0.2, 0) is 20.7 Å². The molecule has 0 unspecified atom stereocenters. The molecule has 2 heterocycles. The second-order valence-corrected chi connectivity index (χ2v) is 6.39. The third kappa shape index (κ3) is 8.22. The molecule has 0 spiro atoms. The molecule has 0 aliphatic carbocycles. The van der Waals surface area contributed by atoms with Crippen LogP contribution in [-0.4, -0.2) is 39.1 Å². The molecule has 1 amide bonds. The van der Waals surface area contributed by atoms with Crippen molar-refractivity contribution >= 4 is 18.7 Å². The number of rotatable bonds is 0. The first-order chi connectivity index (χ1) is 12.8. The summed E-state index contributed by atoms with van der Waals surface area (Å²) in [6.07, 6.45) is -0.387. The van der Waals surface area contributed by atoms with Crippen LogP contribution in [0.15, 0.2) is 12.1 Å². The molecule has 3 rings (SSSR count). The van der Waals surface area contributed by atoms with Gasteiger partial charge in [0.1, 0.15) is 18.0 Å². The fraction of sp³-hybridized carbons (Fsp3) is 0.650. The van der Waals surface area contributed by atoms with E-state index in [9.17, 15) is 4.79 Å². The molecule has 1 aromatic rings. The van der Waals surface area contributed by atoms with Crippen molar-refractivity contribution in [3.8, 4) is 5.75 Å². The quantitative estimate of drug-likeness (QED) is 0.692. The van der Waals surface area contributed by atoms with E-state index >= 15 is 0 Å². The number of amides is 1. The van der Waals surface area contributed by atoms with Gasteiger partial charge in [-0.15, -0.1) is 0 Å². The first kappa shape index (κ1) is 25.3. The lowest BCUT2D eigenvalue weighted by molar-refractivity contribution is 0.0541. The highest BCUT2D eigenvalue weighted by Gasteiger charge is 2.36. The minimum Gasteiger partial charge on any atom is -0.492 e. The number of benzene rings is 1. The van der Waals surface area contributed by atoms with E-state index in [1.807, 2.05) is 54.5 Å². The SMILES string of the molecule is CC.CC.CNC(=O)OC(C)(C)C.Cc1ccc2c3c1COB3OCCO2. The van der Waals surface area contributed by atoms with E-state index in [0.29, 0.717) is 19.8 Å². The van der Waals surface area contributed by atoms with E-state index in [4.69, 9.17) is 18.8 Å². The van der Waals surface area contributed by atoms with Crippen LogP contribution in [0, 0.1) is 6.92 Å². The Kier molecular flexibility index (Phi) is 11.8. The Balaban J connectivity index is 0.000000456. The Hall–Kier alpha value is -1.73. The highest BCUT2D eigenvalue weighted by atomic mass is 16.6. The lowest BCUT2D eigenvalue weighted by Gasteiger charge is -2.18. The van der Waals surface area contributed by atoms with Gasteiger partial charge in [-0.2, -0.15) is 0 Å². The smallest absolute Gasteiger partial charge is 0.492 e. The zero-order chi connectivity index (χ0) is 21.0. The molecule has 0 bridgehead atoms. The summed E-state index contributed by atoms with van der Waals surface area (Å²) >= 11 is 0. The molecule has 0 atom stereocenters. The van der Waals surface area contributed by atoms with Crippen LogP contribution in [0.4, 0.5) is 4.79 Å². The van der Waals surface area contributed by atoms with Crippen LogP contribution in [0.2, 0.25) is 0 Å². The average Bonchev–Trinajstić information content (AvgIpc) is 2.97. The molecule has 0 aromatic heterocycles. The summed E-state index contributed by atoms with van der Waals surface area (Å²) in [5.41, 5.74) is 3.19. The zero-order valence-electron chi connectivity index (χ0n) is 18.4. The lowest BCUT2D eigenvalue weighted by atomic mass is 9.77. The third-order valence-corrected chi connectivity index (χ3v) is 3.38. The molecule has 0 fully saturated rings. The van der Waals surface area contributed by atoms with Crippen molar-refractivity contribution in [1.82, 2.24) is 5.32 Å². The first-order valence-electron chi connectivity index (χ1n) is 9.71. The summed E-state index contributed by atoms with van der Waals surface area (Å²) < 4.78 is 21.5. The van der Waals surface area contributed by atoms with Crippen LogP contribution < -0.4 is 15.5 Å². The number of hydrogen-bond donors (Lipinski definition) is 1. The molecule has 0 saturated carbocycles. The van der Waals surface area contributed by atoms with Gasteiger partial charge in [0.05, 0.1) is 13.2 Å². The van der Waals surface area contributed by atoms with Gasteiger partial charge >= 0.3 is 13.2 Å². The molecular formula is C20H36BNO5. The third-order valence-electron chi connectivity index (χ3n) is 3.38. The van der Waals surface area contributed by atoms with Gasteiger partial charge < -0.3 is 24.1 Å². The number of aryl methyl sites for hydroxylation is 1. The molecule has 154 valence electrons. The van der Waals surface area contributed by atoms with Gasteiger partial charge in [0.2, 0.25) is 0 Å². The van der Waals surface area contributed by atoms with E-state index in [-0.39, 0.29) is 18.8 Å². The number of nitrogens with one attached hydrogen (secondary N) is 1. The Morgan fingerprint density at radius 1 is 1.11 bits per heavy atom. The molecule has 2 aliphatic heterocycles. The van der Waals surface area contributed by atoms with Gasteiger partial charge in [-0.1, -0.05) is 33.8 Å². The lowest BCUT2D eigenvalue weighted by Crippen LogP contribution is -2.31. The number of carbonyl (C=O) groups excluding carboxylic acids is 1. The fourth-order valence-electron chi connectivity index (χ4n) is 2.34. The number of hydrogen-bond acceptors (Lipinski definition) is 5. The standard InChI is InChI=1S/C10H11BO3.C6H13NO2.2C2H6/c1-7-2-3-9-10-8(7)6-14-11(10)13-5-4-12-9;1-6(2,3)9-5(8)7-4;2*1-2/h2-3H,4-6H2,1H3;1-4H3,(H,7,8);2*1-2H3.